The predicted octanol–water partition coefficient (Wildman–Crippen LogP) is 5.78. The van der Waals surface area contributed by atoms with Crippen molar-refractivity contribution in [3.63, 3.8) is 0 Å². The highest BCUT2D eigenvalue weighted by molar-refractivity contribution is 7.97. The molecule has 4 rings (SSSR count). The van der Waals surface area contributed by atoms with Gasteiger partial charge in [0.1, 0.15) is 10.9 Å². The largest absolute Gasteiger partial charge is 0.456 e. The molecule has 0 heterocycles. The van der Waals surface area contributed by atoms with Crippen LogP contribution in [0.5, 0.6) is 0 Å². The van der Waals surface area contributed by atoms with Gasteiger partial charge in [-0.25, -0.2) is 4.79 Å². The summed E-state index contributed by atoms with van der Waals surface area (Å²) < 4.78 is 5.94. The number of hydrogen-bond acceptors (Lipinski definition) is 3. The zero-order valence-electron chi connectivity index (χ0n) is 21.4. The molecule has 0 bridgehead atoms. The number of allylic oxidation sites excluding steroid dienone is 1. The lowest BCUT2D eigenvalue weighted by molar-refractivity contribution is -0.146. The summed E-state index contributed by atoms with van der Waals surface area (Å²) in [6, 6.07) is 39.2. The van der Waals surface area contributed by atoms with Gasteiger partial charge in [-0.1, -0.05) is 127 Å². The van der Waals surface area contributed by atoms with E-state index in [9.17, 15) is 9.59 Å². The van der Waals surface area contributed by atoms with E-state index in [0.717, 1.165) is 21.5 Å². The molecule has 0 fully saturated rings. The Hall–Kier alpha value is -3.94. The second-order valence-electron chi connectivity index (χ2n) is 9.64. The molecule has 0 unspecified atom stereocenters. The minimum absolute atomic E-state index is 0.151. The number of benzene rings is 4. The van der Waals surface area contributed by atoms with Crippen LogP contribution < -0.4 is 15.9 Å². The Kier molecular flexibility index (Phi) is 8.06. The van der Waals surface area contributed by atoms with E-state index in [1.165, 1.54) is 6.08 Å². The lowest BCUT2D eigenvalue weighted by atomic mass is 10.1. The van der Waals surface area contributed by atoms with Crippen molar-refractivity contribution in [3.8, 4) is 0 Å². The molecule has 0 aliphatic rings. The van der Waals surface area contributed by atoms with Crippen molar-refractivity contribution in [2.24, 2.45) is 0 Å². The maximum absolute atomic E-state index is 14.2. The summed E-state index contributed by atoms with van der Waals surface area (Å²) in [5, 5.41) is 2.89. The SMILES string of the molecule is CC(C)(C)OC(=O)C(C(=O)/C=C\c1ccccc1)=P(c1ccccc1)(c1ccccc1)c1ccccc1. The molecule has 186 valence electrons. The summed E-state index contributed by atoms with van der Waals surface area (Å²) in [7, 11) is 0. The number of rotatable bonds is 7. The Morgan fingerprint density at radius 2 is 1.00 bits per heavy atom. The van der Waals surface area contributed by atoms with Gasteiger partial charge < -0.3 is 4.74 Å². The summed E-state index contributed by atoms with van der Waals surface area (Å²) in [5.74, 6) is -0.955. The Morgan fingerprint density at radius 3 is 1.38 bits per heavy atom. The van der Waals surface area contributed by atoms with Crippen molar-refractivity contribution in [2.45, 2.75) is 26.4 Å². The number of ether oxygens (including phenoxy) is 1. The highest BCUT2D eigenvalue weighted by Crippen LogP contribution is 2.47. The highest BCUT2D eigenvalue weighted by atomic mass is 31.2. The number of hydrogen-bond donors (Lipinski definition) is 0. The van der Waals surface area contributed by atoms with Crippen LogP contribution in [0.25, 0.3) is 6.08 Å². The van der Waals surface area contributed by atoms with E-state index < -0.39 is 18.5 Å². The first-order valence-electron chi connectivity index (χ1n) is 12.3. The van der Waals surface area contributed by atoms with Gasteiger partial charge in [0.25, 0.3) is 0 Å². The highest BCUT2D eigenvalue weighted by Gasteiger charge is 2.38. The molecule has 0 saturated carbocycles. The monoisotopic (exact) mass is 506 g/mol. The summed E-state index contributed by atoms with van der Waals surface area (Å²) in [6.07, 6.45) is 3.25. The molecule has 37 heavy (non-hydrogen) atoms. The number of carbonyl (C=O) groups is 2. The van der Waals surface area contributed by atoms with Crippen LogP contribution in [0.15, 0.2) is 127 Å². The van der Waals surface area contributed by atoms with E-state index in [0.29, 0.717) is 0 Å². The minimum Gasteiger partial charge on any atom is -0.456 e. The van der Waals surface area contributed by atoms with Gasteiger partial charge >= 0.3 is 5.97 Å². The first-order valence-corrected chi connectivity index (χ1v) is 14.1. The zero-order valence-corrected chi connectivity index (χ0v) is 22.3. The summed E-state index contributed by atoms with van der Waals surface area (Å²) >= 11 is 0. The Labute approximate surface area is 219 Å². The van der Waals surface area contributed by atoms with Crippen LogP contribution in [0.3, 0.4) is 0 Å². The molecule has 0 amide bonds. The van der Waals surface area contributed by atoms with Crippen LogP contribution in [0.1, 0.15) is 26.3 Å². The van der Waals surface area contributed by atoms with Gasteiger partial charge in [-0.15, -0.1) is 0 Å². The zero-order chi connectivity index (χ0) is 26.3. The second-order valence-corrected chi connectivity index (χ2v) is 13.0. The number of ketones is 1. The molecule has 4 aromatic rings. The first-order chi connectivity index (χ1) is 17.8. The van der Waals surface area contributed by atoms with Crippen molar-refractivity contribution >= 4 is 45.9 Å². The van der Waals surface area contributed by atoms with Crippen LogP contribution >= 0.6 is 6.89 Å². The van der Waals surface area contributed by atoms with Crippen molar-refractivity contribution in [1.82, 2.24) is 0 Å². The average Bonchev–Trinajstić information content (AvgIpc) is 2.91. The summed E-state index contributed by atoms with van der Waals surface area (Å²) in [6.45, 7) is 2.52. The minimum atomic E-state index is -2.94. The maximum atomic E-state index is 14.2. The lowest BCUT2D eigenvalue weighted by Crippen LogP contribution is -2.40. The van der Waals surface area contributed by atoms with Crippen molar-refractivity contribution in [1.29, 1.82) is 0 Å². The first kappa shape index (κ1) is 26.1. The van der Waals surface area contributed by atoms with Crippen molar-refractivity contribution < 1.29 is 14.3 Å². The molecule has 3 nitrogen and oxygen atoms in total. The van der Waals surface area contributed by atoms with Gasteiger partial charge in [0, 0.05) is 0 Å². The molecule has 0 atom stereocenters. The number of esters is 1. The number of carbonyl (C=O) groups excluding carboxylic acids is 2. The summed E-state index contributed by atoms with van der Waals surface area (Å²) in [4.78, 5) is 28.3. The normalized spacial score (nSPS) is 11.8. The topological polar surface area (TPSA) is 43.4 Å². The third-order valence-corrected chi connectivity index (χ3v) is 10.1. The van der Waals surface area contributed by atoms with E-state index in [1.54, 1.807) is 6.08 Å². The molecule has 0 aromatic heterocycles. The third kappa shape index (κ3) is 5.90. The van der Waals surface area contributed by atoms with Crippen LogP contribution in [-0.2, 0) is 14.3 Å². The van der Waals surface area contributed by atoms with Crippen LogP contribution in [-0.4, -0.2) is 22.6 Å². The quantitative estimate of drug-likeness (QED) is 0.138. The Morgan fingerprint density at radius 1 is 0.622 bits per heavy atom. The molecule has 4 aromatic carbocycles. The average molecular weight is 507 g/mol. The fourth-order valence-corrected chi connectivity index (χ4v) is 8.59. The molecule has 0 aliphatic carbocycles. The molecule has 0 radical (unpaired) electrons. The smallest absolute Gasteiger partial charge is 0.343 e. The Balaban J connectivity index is 2.16. The van der Waals surface area contributed by atoms with Crippen LogP contribution in [0.2, 0.25) is 0 Å². The van der Waals surface area contributed by atoms with Crippen LogP contribution in [0, 0.1) is 0 Å². The van der Waals surface area contributed by atoms with Crippen LogP contribution in [0.4, 0.5) is 0 Å². The summed E-state index contributed by atoms with van der Waals surface area (Å²) in [5.41, 5.74) is 0.105. The van der Waals surface area contributed by atoms with E-state index in [4.69, 9.17) is 4.74 Å². The molecular formula is C33H31O3P. The van der Waals surface area contributed by atoms with E-state index in [2.05, 4.69) is 0 Å². The van der Waals surface area contributed by atoms with Gasteiger partial charge in [-0.2, -0.15) is 0 Å². The van der Waals surface area contributed by atoms with Gasteiger partial charge in [0.15, 0.2) is 5.78 Å². The van der Waals surface area contributed by atoms with Crippen molar-refractivity contribution in [3.05, 3.63) is 133 Å². The molecule has 4 heteroatoms. The van der Waals surface area contributed by atoms with E-state index in [1.807, 2.05) is 142 Å². The van der Waals surface area contributed by atoms with Gasteiger partial charge in [-0.3, -0.25) is 4.79 Å². The van der Waals surface area contributed by atoms with Gasteiger partial charge in [0.2, 0.25) is 0 Å². The molecule has 0 saturated heterocycles. The Bertz CT molecular complexity index is 1330. The van der Waals surface area contributed by atoms with E-state index in [-0.39, 0.29) is 11.1 Å². The fraction of sp³-hybridized carbons (Fsp3) is 0.121. The van der Waals surface area contributed by atoms with Crippen molar-refractivity contribution in [2.75, 3.05) is 0 Å². The molecule has 0 spiro atoms. The second kappa shape index (κ2) is 11.4. The predicted molar refractivity (Wildman–Crippen MR) is 156 cm³/mol. The standard InChI is InChI=1S/C33H31O3P/c1-33(2,3)36-32(35)31(30(34)25-24-26-16-8-4-9-17-26)37(27-18-10-5-11-19-27,28-20-12-6-13-21-28)29-22-14-7-15-23-29/h4-25H,1-3H3/b25-24-. The molecule has 0 aliphatic heterocycles. The van der Waals surface area contributed by atoms with E-state index >= 15 is 0 Å². The fourth-order valence-electron chi connectivity index (χ4n) is 4.33. The third-order valence-electron chi connectivity index (χ3n) is 5.82. The molecular weight excluding hydrogens is 475 g/mol. The maximum Gasteiger partial charge on any atom is 0.343 e. The van der Waals surface area contributed by atoms with Gasteiger partial charge in [0.05, 0.1) is 0 Å². The van der Waals surface area contributed by atoms with Gasteiger partial charge in [-0.05, 0) is 55.2 Å². The lowest BCUT2D eigenvalue weighted by Gasteiger charge is -2.32. The molecule has 0 N–H and O–H groups in total.